The monoisotopic (exact) mass is 226 g/mol. The first-order valence-electron chi connectivity index (χ1n) is 7.03. The quantitative estimate of drug-likeness (QED) is 0.749. The fourth-order valence-corrected chi connectivity index (χ4v) is 2.52. The topological polar surface area (TPSA) is 15.3 Å². The van der Waals surface area contributed by atoms with Crippen molar-refractivity contribution in [3.63, 3.8) is 0 Å². The molecule has 1 rings (SSSR count). The molecule has 1 aliphatic carbocycles. The van der Waals surface area contributed by atoms with Gasteiger partial charge in [0.1, 0.15) is 0 Å². The molecule has 2 heteroatoms. The van der Waals surface area contributed by atoms with Crippen molar-refractivity contribution >= 4 is 0 Å². The van der Waals surface area contributed by atoms with E-state index >= 15 is 0 Å². The zero-order valence-electron chi connectivity index (χ0n) is 11.6. The molecule has 16 heavy (non-hydrogen) atoms. The molecular weight excluding hydrogens is 196 g/mol. The fourth-order valence-electron chi connectivity index (χ4n) is 2.52. The zero-order chi connectivity index (χ0) is 12.0. The molecule has 0 spiro atoms. The van der Waals surface area contributed by atoms with Gasteiger partial charge in [-0.1, -0.05) is 33.1 Å². The SMILES string of the molecule is CC(C)NCC(C)N(C)CC1CCCCC1. The number of rotatable bonds is 6. The summed E-state index contributed by atoms with van der Waals surface area (Å²) in [6.45, 7) is 9.17. The van der Waals surface area contributed by atoms with Crippen LogP contribution < -0.4 is 5.32 Å². The highest BCUT2D eigenvalue weighted by Gasteiger charge is 2.17. The third-order valence-electron chi connectivity index (χ3n) is 3.84. The molecule has 0 aromatic rings. The first-order valence-corrected chi connectivity index (χ1v) is 7.03. The molecule has 1 unspecified atom stereocenters. The van der Waals surface area contributed by atoms with Crippen molar-refractivity contribution in [1.29, 1.82) is 0 Å². The second kappa shape index (κ2) is 7.29. The minimum Gasteiger partial charge on any atom is -0.313 e. The summed E-state index contributed by atoms with van der Waals surface area (Å²) in [6, 6.07) is 1.26. The van der Waals surface area contributed by atoms with Crippen molar-refractivity contribution in [2.75, 3.05) is 20.1 Å². The minimum absolute atomic E-state index is 0.602. The van der Waals surface area contributed by atoms with Crippen LogP contribution >= 0.6 is 0 Å². The van der Waals surface area contributed by atoms with E-state index in [1.54, 1.807) is 0 Å². The molecular formula is C14H30N2. The Bertz CT molecular complexity index is 174. The molecule has 2 nitrogen and oxygen atoms in total. The van der Waals surface area contributed by atoms with Crippen molar-refractivity contribution in [3.8, 4) is 0 Å². The van der Waals surface area contributed by atoms with Gasteiger partial charge in [-0.15, -0.1) is 0 Å². The zero-order valence-corrected chi connectivity index (χ0v) is 11.6. The molecule has 1 atom stereocenters. The Balaban J connectivity index is 2.19. The molecule has 1 fully saturated rings. The standard InChI is InChI=1S/C14H30N2/c1-12(2)15-10-13(3)16(4)11-14-8-6-5-7-9-14/h12-15H,5-11H2,1-4H3. The predicted molar refractivity (Wildman–Crippen MR) is 71.8 cm³/mol. The van der Waals surface area contributed by atoms with Gasteiger partial charge in [0, 0.05) is 25.2 Å². The maximum absolute atomic E-state index is 3.52. The van der Waals surface area contributed by atoms with Crippen LogP contribution in [0.3, 0.4) is 0 Å². The van der Waals surface area contributed by atoms with Gasteiger partial charge >= 0.3 is 0 Å². The smallest absolute Gasteiger partial charge is 0.0189 e. The summed E-state index contributed by atoms with van der Waals surface area (Å²) in [5.41, 5.74) is 0. The third kappa shape index (κ3) is 5.31. The lowest BCUT2D eigenvalue weighted by atomic mass is 9.89. The summed E-state index contributed by atoms with van der Waals surface area (Å²) in [7, 11) is 2.28. The summed E-state index contributed by atoms with van der Waals surface area (Å²) in [6.07, 6.45) is 7.28. The summed E-state index contributed by atoms with van der Waals surface area (Å²) >= 11 is 0. The average Bonchev–Trinajstić information content (AvgIpc) is 2.27. The highest BCUT2D eigenvalue weighted by Crippen LogP contribution is 2.24. The number of hydrogen-bond acceptors (Lipinski definition) is 2. The normalized spacial score (nSPS) is 20.6. The van der Waals surface area contributed by atoms with Crippen LogP contribution in [0.5, 0.6) is 0 Å². The van der Waals surface area contributed by atoms with E-state index in [9.17, 15) is 0 Å². The van der Waals surface area contributed by atoms with Crippen molar-refractivity contribution < 1.29 is 0 Å². The van der Waals surface area contributed by atoms with Gasteiger partial charge in [0.15, 0.2) is 0 Å². The van der Waals surface area contributed by atoms with Crippen LogP contribution in [-0.2, 0) is 0 Å². The molecule has 0 saturated heterocycles. The van der Waals surface area contributed by atoms with E-state index in [0.717, 1.165) is 12.5 Å². The van der Waals surface area contributed by atoms with Crippen LogP contribution in [0.2, 0.25) is 0 Å². The van der Waals surface area contributed by atoms with Gasteiger partial charge in [0.25, 0.3) is 0 Å². The number of nitrogens with zero attached hydrogens (tertiary/aromatic N) is 1. The Hall–Kier alpha value is -0.0800. The van der Waals surface area contributed by atoms with Crippen molar-refractivity contribution in [3.05, 3.63) is 0 Å². The van der Waals surface area contributed by atoms with Crippen molar-refractivity contribution in [2.24, 2.45) is 5.92 Å². The van der Waals surface area contributed by atoms with Gasteiger partial charge < -0.3 is 10.2 Å². The Labute approximate surface area is 102 Å². The van der Waals surface area contributed by atoms with E-state index in [4.69, 9.17) is 0 Å². The Kier molecular flexibility index (Phi) is 6.37. The van der Waals surface area contributed by atoms with E-state index in [-0.39, 0.29) is 0 Å². The summed E-state index contributed by atoms with van der Waals surface area (Å²) in [4.78, 5) is 2.53. The number of nitrogens with one attached hydrogen (secondary N) is 1. The largest absolute Gasteiger partial charge is 0.313 e. The van der Waals surface area contributed by atoms with Gasteiger partial charge in [-0.2, -0.15) is 0 Å². The van der Waals surface area contributed by atoms with Crippen LogP contribution in [-0.4, -0.2) is 37.1 Å². The molecule has 0 amide bonds. The Morgan fingerprint density at radius 1 is 1.12 bits per heavy atom. The number of hydrogen-bond donors (Lipinski definition) is 1. The van der Waals surface area contributed by atoms with Gasteiger partial charge in [-0.25, -0.2) is 0 Å². The van der Waals surface area contributed by atoms with Crippen LogP contribution in [0.4, 0.5) is 0 Å². The lowest BCUT2D eigenvalue weighted by Gasteiger charge is -2.31. The highest BCUT2D eigenvalue weighted by molar-refractivity contribution is 4.73. The summed E-state index contributed by atoms with van der Waals surface area (Å²) < 4.78 is 0. The van der Waals surface area contributed by atoms with Gasteiger partial charge in [0.05, 0.1) is 0 Å². The van der Waals surface area contributed by atoms with Gasteiger partial charge in [0.2, 0.25) is 0 Å². The second-order valence-electron chi connectivity index (χ2n) is 5.86. The van der Waals surface area contributed by atoms with Crippen LogP contribution in [0.25, 0.3) is 0 Å². The summed E-state index contributed by atoms with van der Waals surface area (Å²) in [5.74, 6) is 0.959. The molecule has 1 N–H and O–H groups in total. The molecule has 0 aromatic heterocycles. The second-order valence-corrected chi connectivity index (χ2v) is 5.86. The van der Waals surface area contributed by atoms with Gasteiger partial charge in [-0.3, -0.25) is 0 Å². The minimum atomic E-state index is 0.602. The number of likely N-dealkylation sites (N-methyl/N-ethyl adjacent to an activating group) is 1. The molecule has 0 radical (unpaired) electrons. The Morgan fingerprint density at radius 3 is 2.31 bits per heavy atom. The highest BCUT2D eigenvalue weighted by atomic mass is 15.1. The van der Waals surface area contributed by atoms with Crippen molar-refractivity contribution in [2.45, 2.75) is 65.0 Å². The van der Waals surface area contributed by atoms with E-state index < -0.39 is 0 Å². The molecule has 0 bridgehead atoms. The maximum atomic E-state index is 3.52. The molecule has 96 valence electrons. The van der Waals surface area contributed by atoms with E-state index in [1.165, 1.54) is 38.6 Å². The predicted octanol–water partition coefficient (Wildman–Crippen LogP) is 2.89. The third-order valence-corrected chi connectivity index (χ3v) is 3.84. The van der Waals surface area contributed by atoms with Crippen molar-refractivity contribution in [1.82, 2.24) is 10.2 Å². The molecule has 1 saturated carbocycles. The first-order chi connectivity index (χ1) is 7.59. The van der Waals surface area contributed by atoms with Crippen LogP contribution in [0.1, 0.15) is 52.9 Å². The summed E-state index contributed by atoms with van der Waals surface area (Å²) in [5, 5.41) is 3.52. The first kappa shape index (κ1) is 14.0. The molecule has 0 aromatic carbocycles. The van der Waals surface area contributed by atoms with Crippen LogP contribution in [0, 0.1) is 5.92 Å². The van der Waals surface area contributed by atoms with Gasteiger partial charge in [-0.05, 0) is 32.7 Å². The van der Waals surface area contributed by atoms with E-state index in [2.05, 4.69) is 38.0 Å². The van der Waals surface area contributed by atoms with E-state index in [1.807, 2.05) is 0 Å². The fraction of sp³-hybridized carbons (Fsp3) is 1.00. The lowest BCUT2D eigenvalue weighted by Crippen LogP contribution is -2.42. The van der Waals surface area contributed by atoms with E-state index in [0.29, 0.717) is 12.1 Å². The molecule has 0 aliphatic heterocycles. The molecule has 0 heterocycles. The Morgan fingerprint density at radius 2 is 1.75 bits per heavy atom. The average molecular weight is 226 g/mol. The lowest BCUT2D eigenvalue weighted by molar-refractivity contribution is 0.186. The molecule has 1 aliphatic rings. The van der Waals surface area contributed by atoms with Crippen LogP contribution in [0.15, 0.2) is 0 Å². The maximum Gasteiger partial charge on any atom is 0.0189 e.